The summed E-state index contributed by atoms with van der Waals surface area (Å²) in [5.74, 6) is -1.57. The molecule has 10 nitrogen and oxygen atoms in total. The predicted octanol–water partition coefficient (Wildman–Crippen LogP) is -0.662. The van der Waals surface area contributed by atoms with Gasteiger partial charge in [0.15, 0.2) is 11.4 Å². The summed E-state index contributed by atoms with van der Waals surface area (Å²) in [5.41, 5.74) is -3.02. The molecule has 7 atom stereocenters. The number of likely N-dealkylation sites (N-methyl/N-ethyl adjacent to an activating group) is 1. The molecule has 5 aliphatic heterocycles. The van der Waals surface area contributed by atoms with Crippen molar-refractivity contribution >= 4 is 39.2 Å². The van der Waals surface area contributed by atoms with Crippen molar-refractivity contribution in [1.82, 2.24) is 9.96 Å². The zero-order valence-corrected chi connectivity index (χ0v) is 17.8. The van der Waals surface area contributed by atoms with E-state index in [1.807, 2.05) is 12.1 Å². The van der Waals surface area contributed by atoms with Crippen LogP contribution in [-0.4, -0.2) is 84.4 Å². The minimum absolute atomic E-state index is 0.445. The van der Waals surface area contributed by atoms with Crippen LogP contribution in [0.2, 0.25) is 0 Å². The van der Waals surface area contributed by atoms with Crippen LogP contribution in [0.15, 0.2) is 24.3 Å². The van der Waals surface area contributed by atoms with Gasteiger partial charge in [0.05, 0.1) is 12.2 Å². The molecule has 4 saturated heterocycles. The summed E-state index contributed by atoms with van der Waals surface area (Å²) >= 11 is 0. The van der Waals surface area contributed by atoms with Gasteiger partial charge in [-0.15, -0.1) is 0 Å². The summed E-state index contributed by atoms with van der Waals surface area (Å²) in [7, 11) is 3.59. The van der Waals surface area contributed by atoms with Crippen LogP contribution in [0, 0.1) is 0 Å². The lowest BCUT2D eigenvalue weighted by molar-refractivity contribution is -0.251. The third-order valence-corrected chi connectivity index (χ3v) is 10.2. The van der Waals surface area contributed by atoms with E-state index in [1.165, 1.54) is 22.7 Å². The zero-order valence-electron chi connectivity index (χ0n) is 16.1. The SMILES string of the molecule is CN1C(=O)C23SSC4c5ccccc5O[C@]41C(=O)N2O[C@]1(C[C@H](O)[C@H](O)CC1=O)[C@H]3O. The van der Waals surface area contributed by atoms with E-state index in [2.05, 4.69) is 0 Å². The number of nitrogens with zero attached hydrogens (tertiary/aromatic N) is 2. The first-order valence-electron chi connectivity index (χ1n) is 9.72. The van der Waals surface area contributed by atoms with Gasteiger partial charge in [-0.05, 0) is 16.9 Å². The second kappa shape index (κ2) is 5.94. The van der Waals surface area contributed by atoms with Gasteiger partial charge in [-0.2, -0.15) is 5.06 Å². The predicted molar refractivity (Wildman–Crippen MR) is 106 cm³/mol. The molecule has 1 aromatic carbocycles. The number of carbonyl (C=O) groups is 3. The van der Waals surface area contributed by atoms with Crippen molar-refractivity contribution in [2.45, 2.75) is 52.6 Å². The Morgan fingerprint density at radius 2 is 1.84 bits per heavy atom. The number of ketones is 1. The van der Waals surface area contributed by atoms with Crippen LogP contribution in [0.3, 0.4) is 0 Å². The van der Waals surface area contributed by atoms with Gasteiger partial charge in [0.25, 0.3) is 11.6 Å². The first-order chi connectivity index (χ1) is 14.7. The number of aliphatic hydroxyl groups is 3. The van der Waals surface area contributed by atoms with E-state index in [1.54, 1.807) is 12.1 Å². The van der Waals surface area contributed by atoms with Gasteiger partial charge in [0, 0.05) is 25.5 Å². The highest BCUT2D eigenvalue weighted by Gasteiger charge is 2.82. The van der Waals surface area contributed by atoms with Crippen LogP contribution in [0.5, 0.6) is 5.75 Å². The number of ether oxygens (including phenoxy) is 1. The molecule has 1 saturated carbocycles. The van der Waals surface area contributed by atoms with Crippen molar-refractivity contribution in [3.8, 4) is 5.75 Å². The fourth-order valence-electron chi connectivity index (χ4n) is 5.17. The Labute approximate surface area is 183 Å². The molecule has 12 heteroatoms. The molecular weight excluding hydrogens is 448 g/mol. The number of benzene rings is 1. The van der Waals surface area contributed by atoms with Gasteiger partial charge in [0.2, 0.25) is 4.87 Å². The summed E-state index contributed by atoms with van der Waals surface area (Å²) in [4.78, 5) is 45.5. The lowest BCUT2D eigenvalue weighted by atomic mass is 9.75. The van der Waals surface area contributed by atoms with Gasteiger partial charge in [-0.25, -0.2) is 0 Å². The molecule has 1 aliphatic carbocycles. The standard InChI is InChI=1S/C19H18N2O8S2/c1-20-16(27)19-14(25)17(7-10(23)9(22)6-12(17)24)29-21(19)15(26)18(20)13(30-31-19)8-4-2-3-5-11(8)28-18/h2-5,9-10,13-14,22-23,25H,6-7H2,1H3/t9-,10+,13?,14-,17+,18+,19?/m1/s1. The van der Waals surface area contributed by atoms with E-state index in [9.17, 15) is 29.7 Å². The van der Waals surface area contributed by atoms with Gasteiger partial charge in [-0.3, -0.25) is 24.1 Å². The molecule has 6 aliphatic rings. The number of hydrogen-bond donors (Lipinski definition) is 3. The third-order valence-electron chi connectivity index (χ3n) is 6.89. The second-order valence-electron chi connectivity index (χ2n) is 8.41. The van der Waals surface area contributed by atoms with Crippen LogP contribution in [0.4, 0.5) is 0 Å². The van der Waals surface area contributed by atoms with Crippen molar-refractivity contribution in [3.05, 3.63) is 29.8 Å². The fraction of sp³-hybridized carbons (Fsp3) is 0.526. The molecular formula is C19H18N2O8S2. The Bertz CT molecular complexity index is 1060. The van der Waals surface area contributed by atoms with E-state index in [0.29, 0.717) is 5.75 Å². The van der Waals surface area contributed by atoms with E-state index in [4.69, 9.17) is 9.57 Å². The summed E-state index contributed by atoms with van der Waals surface area (Å²) in [5, 5.41) is 31.7. The number of carbonyl (C=O) groups excluding carboxylic acids is 3. The first-order valence-corrected chi connectivity index (χ1v) is 11.9. The van der Waals surface area contributed by atoms with Gasteiger partial charge < -0.3 is 20.1 Å². The van der Waals surface area contributed by atoms with Crippen molar-refractivity contribution in [2.24, 2.45) is 0 Å². The lowest BCUT2D eigenvalue weighted by Gasteiger charge is -2.47. The normalized spacial score (nSPS) is 45.5. The largest absolute Gasteiger partial charge is 0.456 e. The monoisotopic (exact) mass is 466 g/mol. The molecule has 2 bridgehead atoms. The van der Waals surface area contributed by atoms with E-state index < -0.39 is 70.2 Å². The average Bonchev–Trinajstić information content (AvgIpc) is 3.14. The highest BCUT2D eigenvalue weighted by atomic mass is 33.1. The maximum atomic E-state index is 13.9. The second-order valence-corrected chi connectivity index (χ2v) is 10.9. The quantitative estimate of drug-likeness (QED) is 0.423. The minimum atomic E-state index is -2.03. The Balaban J connectivity index is 1.52. The van der Waals surface area contributed by atoms with Crippen LogP contribution < -0.4 is 4.74 Å². The first kappa shape index (κ1) is 19.8. The highest BCUT2D eigenvalue weighted by molar-refractivity contribution is 8.77. The number of aliphatic hydroxyl groups excluding tert-OH is 3. The average molecular weight is 466 g/mol. The summed E-state index contributed by atoms with van der Waals surface area (Å²) in [6, 6.07) is 7.09. The van der Waals surface area contributed by atoms with Crippen molar-refractivity contribution < 1.29 is 39.3 Å². The molecule has 2 unspecified atom stereocenters. The molecule has 0 aromatic heterocycles. The number of rotatable bonds is 0. The number of Topliss-reactive ketones (excluding diaryl/α,β-unsaturated/α-hetero) is 1. The van der Waals surface area contributed by atoms with E-state index in [-0.39, 0.29) is 0 Å². The van der Waals surface area contributed by atoms with Crippen LogP contribution in [0.25, 0.3) is 0 Å². The molecule has 3 N–H and O–H groups in total. The van der Waals surface area contributed by atoms with Gasteiger partial charge >= 0.3 is 5.91 Å². The number of fused-ring (bicyclic) bond motifs is 3. The van der Waals surface area contributed by atoms with E-state index >= 15 is 0 Å². The Morgan fingerprint density at radius 1 is 1.10 bits per heavy atom. The molecule has 7 rings (SSSR count). The van der Waals surface area contributed by atoms with Gasteiger partial charge in [0.1, 0.15) is 17.1 Å². The van der Waals surface area contributed by atoms with Crippen molar-refractivity contribution in [1.29, 1.82) is 0 Å². The Morgan fingerprint density at radius 3 is 2.61 bits per heavy atom. The summed E-state index contributed by atoms with van der Waals surface area (Å²) < 4.78 is 6.09. The number of piperazine rings is 1. The highest BCUT2D eigenvalue weighted by Crippen LogP contribution is 2.68. The minimum Gasteiger partial charge on any atom is -0.456 e. The summed E-state index contributed by atoms with van der Waals surface area (Å²) in [6.45, 7) is 0. The molecule has 1 aromatic rings. The van der Waals surface area contributed by atoms with Crippen LogP contribution in [-0.2, 0) is 19.2 Å². The lowest BCUT2D eigenvalue weighted by Crippen LogP contribution is -2.75. The topological polar surface area (TPSA) is 137 Å². The number of amides is 2. The molecule has 5 fully saturated rings. The number of hydrogen-bond acceptors (Lipinski definition) is 10. The maximum absolute atomic E-state index is 13.9. The zero-order chi connectivity index (χ0) is 21.9. The Kier molecular flexibility index (Phi) is 3.80. The summed E-state index contributed by atoms with van der Waals surface area (Å²) in [6.07, 6.45) is -5.33. The smallest absolute Gasteiger partial charge is 0.315 e. The molecule has 164 valence electrons. The van der Waals surface area contributed by atoms with Crippen LogP contribution >= 0.6 is 21.6 Å². The number of para-hydroxylation sites is 1. The molecule has 0 radical (unpaired) electrons. The van der Waals surface area contributed by atoms with Crippen LogP contribution in [0.1, 0.15) is 23.7 Å². The van der Waals surface area contributed by atoms with Crippen molar-refractivity contribution in [2.75, 3.05) is 7.05 Å². The van der Waals surface area contributed by atoms with Crippen molar-refractivity contribution in [3.63, 3.8) is 0 Å². The van der Waals surface area contributed by atoms with Gasteiger partial charge in [-0.1, -0.05) is 29.0 Å². The Hall–Kier alpha value is -1.83. The maximum Gasteiger partial charge on any atom is 0.315 e. The molecule has 5 heterocycles. The fourth-order valence-corrected chi connectivity index (χ4v) is 8.95. The molecule has 31 heavy (non-hydrogen) atoms. The third kappa shape index (κ3) is 2.00. The number of hydroxylamine groups is 2. The molecule has 3 spiro atoms. The molecule has 2 amide bonds. The van der Waals surface area contributed by atoms with E-state index in [0.717, 1.165) is 21.4 Å².